The largest absolute Gasteiger partial charge is 0.449 e. The zero-order valence-electron chi connectivity index (χ0n) is 17.6. The van der Waals surface area contributed by atoms with Gasteiger partial charge in [-0.1, -0.05) is 28.9 Å². The van der Waals surface area contributed by atoms with E-state index in [1.807, 2.05) is 58.0 Å². The maximum atomic E-state index is 13.5. The van der Waals surface area contributed by atoms with E-state index in [-0.39, 0.29) is 18.0 Å². The van der Waals surface area contributed by atoms with Crippen molar-refractivity contribution in [1.29, 1.82) is 0 Å². The molecule has 6 heteroatoms. The van der Waals surface area contributed by atoms with E-state index in [2.05, 4.69) is 15.9 Å². The number of rotatable bonds is 3. The molecule has 2 aromatic rings. The van der Waals surface area contributed by atoms with Gasteiger partial charge in [0.05, 0.1) is 24.0 Å². The van der Waals surface area contributed by atoms with Gasteiger partial charge in [0.1, 0.15) is 0 Å². The van der Waals surface area contributed by atoms with E-state index in [1.165, 1.54) is 0 Å². The fraction of sp³-hybridized carbons (Fsp3) is 0.391. The van der Waals surface area contributed by atoms with Crippen LogP contribution in [0.25, 0.3) is 0 Å². The van der Waals surface area contributed by atoms with Crippen molar-refractivity contribution in [3.8, 4) is 0 Å². The number of fused-ring (bicyclic) bond motifs is 1. The molecule has 0 spiro atoms. The highest BCUT2D eigenvalue weighted by Gasteiger charge is 2.37. The molecule has 0 radical (unpaired) electrons. The summed E-state index contributed by atoms with van der Waals surface area (Å²) >= 11 is 3.52. The van der Waals surface area contributed by atoms with Gasteiger partial charge in [0.2, 0.25) is 0 Å². The van der Waals surface area contributed by atoms with Crippen molar-refractivity contribution >= 4 is 39.3 Å². The number of ether oxygens (including phenoxy) is 1. The number of hydrogen-bond acceptors (Lipinski definition) is 3. The van der Waals surface area contributed by atoms with Gasteiger partial charge in [-0.05, 0) is 75.1 Å². The molecule has 2 aromatic carbocycles. The molecule has 0 fully saturated rings. The average molecular weight is 459 g/mol. The first-order chi connectivity index (χ1) is 13.8. The third-order valence-corrected chi connectivity index (χ3v) is 6.35. The van der Waals surface area contributed by atoms with Crippen LogP contribution >= 0.6 is 15.9 Å². The predicted octanol–water partition coefficient (Wildman–Crippen LogP) is 5.78. The Balaban J connectivity index is 2.12. The summed E-state index contributed by atoms with van der Waals surface area (Å²) in [4.78, 5) is 29.7. The van der Waals surface area contributed by atoms with Crippen molar-refractivity contribution in [3.05, 3.63) is 57.1 Å². The summed E-state index contributed by atoms with van der Waals surface area (Å²) in [7, 11) is 0. The van der Waals surface area contributed by atoms with E-state index in [4.69, 9.17) is 4.74 Å². The highest BCUT2D eigenvalue weighted by atomic mass is 79.9. The van der Waals surface area contributed by atoms with Gasteiger partial charge in [-0.15, -0.1) is 0 Å². The summed E-state index contributed by atoms with van der Waals surface area (Å²) in [6.45, 7) is 10.6. The Morgan fingerprint density at radius 2 is 1.69 bits per heavy atom. The zero-order chi connectivity index (χ0) is 21.3. The smallest absolute Gasteiger partial charge is 0.414 e. The highest BCUT2D eigenvalue weighted by Crippen LogP contribution is 2.39. The van der Waals surface area contributed by atoms with Gasteiger partial charge in [0, 0.05) is 16.6 Å². The number of anilines is 2. The zero-order valence-corrected chi connectivity index (χ0v) is 19.2. The Hall–Kier alpha value is -2.34. The summed E-state index contributed by atoms with van der Waals surface area (Å²) in [5.41, 5.74) is 5.31. The topological polar surface area (TPSA) is 49.9 Å². The number of halogens is 1. The van der Waals surface area contributed by atoms with Crippen LogP contribution in [-0.2, 0) is 4.74 Å². The minimum Gasteiger partial charge on any atom is -0.449 e. The number of nitrogens with zero attached hydrogens (tertiary/aromatic N) is 2. The van der Waals surface area contributed by atoms with Crippen LogP contribution in [0.5, 0.6) is 0 Å². The van der Waals surface area contributed by atoms with Crippen LogP contribution < -0.4 is 9.80 Å². The van der Waals surface area contributed by atoms with Gasteiger partial charge in [-0.3, -0.25) is 9.69 Å². The van der Waals surface area contributed by atoms with E-state index in [1.54, 1.807) is 16.7 Å². The maximum Gasteiger partial charge on any atom is 0.414 e. The second kappa shape index (κ2) is 8.57. The molecule has 0 N–H and O–H groups in total. The molecule has 2 amide bonds. The Morgan fingerprint density at radius 1 is 1.03 bits per heavy atom. The van der Waals surface area contributed by atoms with Crippen LogP contribution in [0.2, 0.25) is 0 Å². The maximum absolute atomic E-state index is 13.5. The van der Waals surface area contributed by atoms with Gasteiger partial charge >= 0.3 is 6.09 Å². The van der Waals surface area contributed by atoms with Crippen LogP contribution in [0, 0.1) is 20.8 Å². The normalized spacial score (nSPS) is 15.9. The minimum atomic E-state index is -0.367. The van der Waals surface area contributed by atoms with Crippen LogP contribution in [0.3, 0.4) is 0 Å². The van der Waals surface area contributed by atoms with Gasteiger partial charge in [-0.2, -0.15) is 0 Å². The van der Waals surface area contributed by atoms with Gasteiger partial charge in [-0.25, -0.2) is 4.79 Å². The molecule has 0 bridgehead atoms. The fourth-order valence-electron chi connectivity index (χ4n) is 3.61. The molecule has 3 rings (SSSR count). The van der Waals surface area contributed by atoms with Crippen molar-refractivity contribution in [2.45, 2.75) is 47.1 Å². The summed E-state index contributed by atoms with van der Waals surface area (Å²) < 4.78 is 6.23. The third-order valence-electron chi connectivity index (χ3n) is 5.50. The molecular weight excluding hydrogens is 432 g/mol. The quantitative estimate of drug-likeness (QED) is 0.585. The molecule has 1 atom stereocenters. The second-order valence-corrected chi connectivity index (χ2v) is 8.29. The van der Waals surface area contributed by atoms with E-state index in [0.29, 0.717) is 25.1 Å². The first kappa shape index (κ1) is 21.4. The number of aryl methyl sites for hydroxylation is 3. The molecule has 0 aliphatic carbocycles. The van der Waals surface area contributed by atoms with Gasteiger partial charge in [0.25, 0.3) is 5.91 Å². The monoisotopic (exact) mass is 458 g/mol. The predicted molar refractivity (Wildman–Crippen MR) is 120 cm³/mol. The number of hydrogen-bond donors (Lipinski definition) is 0. The molecule has 5 nitrogen and oxygen atoms in total. The number of carbonyl (C=O) groups is 2. The molecule has 1 unspecified atom stereocenters. The summed E-state index contributed by atoms with van der Waals surface area (Å²) in [5, 5.41) is 0. The first-order valence-electron chi connectivity index (χ1n) is 9.93. The Kier molecular flexibility index (Phi) is 6.32. The minimum absolute atomic E-state index is 0.0721. The molecule has 1 aliphatic rings. The van der Waals surface area contributed by atoms with E-state index in [9.17, 15) is 9.59 Å². The van der Waals surface area contributed by atoms with Crippen LogP contribution in [0.4, 0.5) is 16.2 Å². The van der Waals surface area contributed by atoms with Crippen molar-refractivity contribution in [2.24, 2.45) is 0 Å². The fourth-order valence-corrected chi connectivity index (χ4v) is 3.99. The van der Waals surface area contributed by atoms with E-state index >= 15 is 0 Å². The lowest BCUT2D eigenvalue weighted by atomic mass is 9.99. The Labute approximate surface area is 180 Å². The molecule has 0 saturated heterocycles. The molecule has 154 valence electrons. The lowest BCUT2D eigenvalue weighted by molar-refractivity contribution is 0.0981. The Bertz CT molecular complexity index is 957. The second-order valence-electron chi connectivity index (χ2n) is 7.44. The molecule has 0 saturated carbocycles. The van der Waals surface area contributed by atoms with Crippen molar-refractivity contribution < 1.29 is 14.3 Å². The van der Waals surface area contributed by atoms with Gasteiger partial charge < -0.3 is 9.64 Å². The van der Waals surface area contributed by atoms with Crippen LogP contribution in [-0.4, -0.2) is 31.2 Å². The van der Waals surface area contributed by atoms with Crippen molar-refractivity contribution in [3.63, 3.8) is 0 Å². The number of amides is 2. The SMILES string of the molecule is CCOC(=O)N1c2cc(C)c(C)cc2N(C(=O)c2ccc(C)c(Br)c2)CC1CC. The molecular formula is C23H27BrN2O3. The average Bonchev–Trinajstić information content (AvgIpc) is 2.69. The first-order valence-corrected chi connectivity index (χ1v) is 10.7. The lowest BCUT2D eigenvalue weighted by Crippen LogP contribution is -2.53. The van der Waals surface area contributed by atoms with E-state index in [0.717, 1.165) is 32.5 Å². The van der Waals surface area contributed by atoms with Crippen LogP contribution in [0.1, 0.15) is 47.3 Å². The summed E-state index contributed by atoms with van der Waals surface area (Å²) in [6.07, 6.45) is 0.348. The molecule has 0 aromatic heterocycles. The Morgan fingerprint density at radius 3 is 2.28 bits per heavy atom. The van der Waals surface area contributed by atoms with E-state index < -0.39 is 0 Å². The number of benzene rings is 2. The molecule has 29 heavy (non-hydrogen) atoms. The highest BCUT2D eigenvalue weighted by molar-refractivity contribution is 9.10. The molecule has 1 aliphatic heterocycles. The van der Waals surface area contributed by atoms with Crippen molar-refractivity contribution in [1.82, 2.24) is 0 Å². The van der Waals surface area contributed by atoms with Crippen molar-refractivity contribution in [2.75, 3.05) is 23.0 Å². The lowest BCUT2D eigenvalue weighted by Gasteiger charge is -2.42. The molecule has 1 heterocycles. The van der Waals surface area contributed by atoms with Gasteiger partial charge in [0.15, 0.2) is 0 Å². The number of carbonyl (C=O) groups excluding carboxylic acids is 2. The summed E-state index contributed by atoms with van der Waals surface area (Å²) in [5.74, 6) is -0.0721. The third kappa shape index (κ3) is 4.04. The summed E-state index contributed by atoms with van der Waals surface area (Å²) in [6, 6.07) is 9.46. The van der Waals surface area contributed by atoms with Crippen LogP contribution in [0.15, 0.2) is 34.8 Å². The standard InChI is InChI=1S/C23H27BrN2O3/c1-6-18-13-25(22(27)17-9-8-14(3)19(24)12-17)20-10-15(4)16(5)11-21(20)26(18)23(28)29-7-2/h8-12,18H,6-7,13H2,1-5H3.